The molecule has 21 heavy (non-hydrogen) atoms. The lowest BCUT2D eigenvalue weighted by Gasteiger charge is -2.27. The van der Waals surface area contributed by atoms with Crippen molar-refractivity contribution in [1.82, 2.24) is 10.1 Å². The molecular formula is C15H20FN3O2. The summed E-state index contributed by atoms with van der Waals surface area (Å²) in [5.41, 5.74) is 6.09. The predicted molar refractivity (Wildman–Crippen MR) is 77.9 cm³/mol. The van der Waals surface area contributed by atoms with Gasteiger partial charge in [0.2, 0.25) is 5.82 Å². The van der Waals surface area contributed by atoms with E-state index in [2.05, 4.69) is 10.1 Å². The molecule has 0 saturated carbocycles. The zero-order chi connectivity index (χ0) is 15.6. The predicted octanol–water partition coefficient (Wildman–Crippen LogP) is 3.58. The molecule has 0 amide bonds. The second-order valence-electron chi connectivity index (χ2n) is 5.90. The molecule has 1 aromatic heterocycles. The van der Waals surface area contributed by atoms with Crippen LogP contribution >= 0.6 is 0 Å². The zero-order valence-electron chi connectivity index (χ0n) is 12.7. The van der Waals surface area contributed by atoms with Crippen molar-refractivity contribution in [1.29, 1.82) is 0 Å². The summed E-state index contributed by atoms with van der Waals surface area (Å²) in [5.74, 6) is 0.0491. The molecule has 1 heterocycles. The van der Waals surface area contributed by atoms with E-state index >= 15 is 0 Å². The second kappa shape index (κ2) is 5.81. The molecule has 5 nitrogen and oxygen atoms in total. The molecule has 1 unspecified atom stereocenters. The Hall–Kier alpha value is -1.95. The summed E-state index contributed by atoms with van der Waals surface area (Å²) < 4.78 is 24.7. The first-order valence-corrected chi connectivity index (χ1v) is 6.83. The third-order valence-corrected chi connectivity index (χ3v) is 3.02. The van der Waals surface area contributed by atoms with Gasteiger partial charge in [0.1, 0.15) is 11.9 Å². The zero-order valence-corrected chi connectivity index (χ0v) is 12.7. The van der Waals surface area contributed by atoms with Crippen molar-refractivity contribution in [3.05, 3.63) is 29.8 Å². The van der Waals surface area contributed by atoms with Crippen LogP contribution in [-0.2, 0) is 4.74 Å². The first kappa shape index (κ1) is 15.4. The molecule has 6 heteroatoms. The van der Waals surface area contributed by atoms with Crippen LogP contribution in [0, 0.1) is 11.2 Å². The fourth-order valence-corrected chi connectivity index (χ4v) is 2.04. The number of halogens is 1. The quantitative estimate of drug-likeness (QED) is 0.872. The number of aromatic nitrogens is 2. The third kappa shape index (κ3) is 3.39. The van der Waals surface area contributed by atoms with Gasteiger partial charge in [0, 0.05) is 12.3 Å². The summed E-state index contributed by atoms with van der Waals surface area (Å²) in [6.45, 7) is 8.48. The van der Waals surface area contributed by atoms with Crippen LogP contribution in [0.1, 0.15) is 39.6 Å². The van der Waals surface area contributed by atoms with E-state index in [9.17, 15) is 4.39 Å². The first-order valence-electron chi connectivity index (χ1n) is 6.83. The van der Waals surface area contributed by atoms with Gasteiger partial charge in [0.15, 0.2) is 0 Å². The lowest BCUT2D eigenvalue weighted by Crippen LogP contribution is -2.22. The molecule has 0 aliphatic carbocycles. The summed E-state index contributed by atoms with van der Waals surface area (Å²) in [6, 6.07) is 4.23. The smallest absolute Gasteiger partial charge is 0.261 e. The minimum absolute atomic E-state index is 0.101. The Bertz CT molecular complexity index is 620. The Kier molecular flexibility index (Phi) is 4.27. The normalized spacial score (nSPS) is 13.4. The lowest BCUT2D eigenvalue weighted by atomic mass is 9.88. The van der Waals surface area contributed by atoms with Crippen molar-refractivity contribution in [3.8, 4) is 11.5 Å². The van der Waals surface area contributed by atoms with Crippen LogP contribution in [-0.4, -0.2) is 16.7 Å². The number of ether oxygens (including phenoxy) is 1. The molecule has 2 rings (SSSR count). The topological polar surface area (TPSA) is 74.2 Å². The van der Waals surface area contributed by atoms with Crippen LogP contribution < -0.4 is 5.73 Å². The van der Waals surface area contributed by atoms with Crippen LogP contribution in [0.2, 0.25) is 0 Å². The second-order valence-corrected chi connectivity index (χ2v) is 5.90. The highest BCUT2D eigenvalue weighted by Gasteiger charge is 2.31. The van der Waals surface area contributed by atoms with E-state index in [1.807, 2.05) is 27.7 Å². The van der Waals surface area contributed by atoms with Crippen LogP contribution in [0.25, 0.3) is 11.5 Å². The number of nitrogen functional groups attached to an aromatic ring is 1. The molecule has 0 aliphatic rings. The number of benzene rings is 1. The minimum atomic E-state index is -0.455. The van der Waals surface area contributed by atoms with Crippen LogP contribution in [0.5, 0.6) is 0 Å². The molecule has 0 radical (unpaired) electrons. The summed E-state index contributed by atoms with van der Waals surface area (Å²) in [6.07, 6.45) is -0.330. The van der Waals surface area contributed by atoms with Gasteiger partial charge in [0.25, 0.3) is 5.89 Å². The van der Waals surface area contributed by atoms with Gasteiger partial charge in [-0.25, -0.2) is 4.39 Å². The molecule has 1 aromatic carbocycles. The van der Waals surface area contributed by atoms with Crippen LogP contribution in [0.15, 0.2) is 22.7 Å². The van der Waals surface area contributed by atoms with E-state index < -0.39 is 5.82 Å². The van der Waals surface area contributed by atoms with Crippen molar-refractivity contribution in [2.24, 2.45) is 5.41 Å². The van der Waals surface area contributed by atoms with E-state index in [1.165, 1.54) is 18.2 Å². The molecule has 0 fully saturated rings. The van der Waals surface area contributed by atoms with Gasteiger partial charge in [-0.3, -0.25) is 0 Å². The summed E-state index contributed by atoms with van der Waals surface area (Å²) in [4.78, 5) is 4.27. The average Bonchev–Trinajstić information content (AvgIpc) is 2.86. The molecule has 114 valence electrons. The highest BCUT2D eigenvalue weighted by molar-refractivity contribution is 5.60. The number of rotatable bonds is 4. The number of nitrogens with zero attached hydrogens (tertiary/aromatic N) is 2. The highest BCUT2D eigenvalue weighted by atomic mass is 19.1. The maximum Gasteiger partial charge on any atom is 0.261 e. The van der Waals surface area contributed by atoms with E-state index in [4.69, 9.17) is 15.0 Å². The maximum absolute atomic E-state index is 13.8. The molecule has 2 N–H and O–H groups in total. The van der Waals surface area contributed by atoms with Gasteiger partial charge < -0.3 is 15.0 Å². The first-order chi connectivity index (χ1) is 9.82. The molecule has 0 aliphatic heterocycles. The van der Waals surface area contributed by atoms with Crippen molar-refractivity contribution in [2.45, 2.75) is 33.8 Å². The minimum Gasteiger partial charge on any atom is -0.399 e. The molecule has 0 spiro atoms. The van der Waals surface area contributed by atoms with Gasteiger partial charge in [-0.2, -0.15) is 4.98 Å². The summed E-state index contributed by atoms with van der Waals surface area (Å²) in [7, 11) is 0. The van der Waals surface area contributed by atoms with Gasteiger partial charge in [0.05, 0.1) is 5.56 Å². The Morgan fingerprint density at radius 1 is 1.38 bits per heavy atom. The summed E-state index contributed by atoms with van der Waals surface area (Å²) in [5, 5.41) is 3.93. The summed E-state index contributed by atoms with van der Waals surface area (Å²) >= 11 is 0. The fourth-order valence-electron chi connectivity index (χ4n) is 2.04. The van der Waals surface area contributed by atoms with E-state index in [1.54, 1.807) is 0 Å². The average molecular weight is 293 g/mol. The Balaban J connectivity index is 2.38. The Labute approximate surface area is 123 Å². The number of nitrogens with two attached hydrogens (primary N) is 1. The molecule has 2 aromatic rings. The molecule has 1 atom stereocenters. The third-order valence-electron chi connectivity index (χ3n) is 3.02. The van der Waals surface area contributed by atoms with Crippen molar-refractivity contribution in [3.63, 3.8) is 0 Å². The van der Waals surface area contributed by atoms with Crippen LogP contribution in [0.3, 0.4) is 0 Å². The maximum atomic E-state index is 13.8. The number of anilines is 1. The fraction of sp³-hybridized carbons (Fsp3) is 0.467. The standard InChI is InChI=1S/C15H20FN3O2/c1-5-20-12(15(2,3)4)13-18-14(21-19-13)10-8-9(17)6-7-11(10)16/h6-8,12H,5,17H2,1-4H3. The SMILES string of the molecule is CCOC(c1noc(-c2cc(N)ccc2F)n1)C(C)(C)C. The van der Waals surface area contributed by atoms with Gasteiger partial charge in [-0.05, 0) is 30.5 Å². The van der Waals surface area contributed by atoms with Crippen molar-refractivity contribution >= 4 is 5.69 Å². The molecular weight excluding hydrogens is 273 g/mol. The van der Waals surface area contributed by atoms with E-state index in [0.717, 1.165) is 0 Å². The van der Waals surface area contributed by atoms with E-state index in [-0.39, 0.29) is 23.0 Å². The Morgan fingerprint density at radius 2 is 2.10 bits per heavy atom. The Morgan fingerprint density at radius 3 is 2.71 bits per heavy atom. The van der Waals surface area contributed by atoms with Gasteiger partial charge >= 0.3 is 0 Å². The largest absolute Gasteiger partial charge is 0.399 e. The highest BCUT2D eigenvalue weighted by Crippen LogP contribution is 2.35. The molecule has 0 saturated heterocycles. The van der Waals surface area contributed by atoms with Gasteiger partial charge in [-0.15, -0.1) is 0 Å². The number of hydrogen-bond donors (Lipinski definition) is 1. The van der Waals surface area contributed by atoms with Crippen molar-refractivity contribution in [2.75, 3.05) is 12.3 Å². The monoisotopic (exact) mass is 293 g/mol. The lowest BCUT2D eigenvalue weighted by molar-refractivity contribution is -0.0203. The molecule has 0 bridgehead atoms. The van der Waals surface area contributed by atoms with Crippen LogP contribution in [0.4, 0.5) is 10.1 Å². The van der Waals surface area contributed by atoms with Crippen molar-refractivity contribution < 1.29 is 13.7 Å². The number of hydrogen-bond acceptors (Lipinski definition) is 5. The van der Waals surface area contributed by atoms with E-state index in [0.29, 0.717) is 18.1 Å². The van der Waals surface area contributed by atoms with Gasteiger partial charge in [-0.1, -0.05) is 25.9 Å².